The Morgan fingerprint density at radius 3 is 2.81 bits per heavy atom. The van der Waals surface area contributed by atoms with Crippen molar-refractivity contribution in [3.63, 3.8) is 0 Å². The van der Waals surface area contributed by atoms with Crippen LogP contribution in [0, 0.1) is 0 Å². The smallest absolute Gasteiger partial charge is 0.326 e. The maximum Gasteiger partial charge on any atom is 0.326 e. The largest absolute Gasteiger partial charge is 0.480 e. The minimum Gasteiger partial charge on any atom is -0.480 e. The summed E-state index contributed by atoms with van der Waals surface area (Å²) in [6, 6.07) is 7.59. The molecule has 1 aromatic carbocycles. The summed E-state index contributed by atoms with van der Waals surface area (Å²) >= 11 is 0. The molecule has 0 saturated carbocycles. The van der Waals surface area contributed by atoms with E-state index in [4.69, 9.17) is 0 Å². The number of H-pyrrole nitrogens is 1. The van der Waals surface area contributed by atoms with Crippen molar-refractivity contribution in [2.24, 2.45) is 0 Å². The highest BCUT2D eigenvalue weighted by Crippen LogP contribution is 2.22. The number of carbonyl (C=O) groups is 2. The fraction of sp³-hybridized carbons (Fsp3) is 0.214. The van der Waals surface area contributed by atoms with E-state index in [9.17, 15) is 14.7 Å². The Balaban J connectivity index is 1.82. The quantitative estimate of drug-likeness (QED) is 0.778. The summed E-state index contributed by atoms with van der Waals surface area (Å²) in [5.41, 5.74) is 2.10. The van der Waals surface area contributed by atoms with Crippen molar-refractivity contribution in [1.29, 1.82) is 0 Å². The molecule has 0 spiro atoms. The normalized spacial score (nSPS) is 17.1. The second-order valence-corrected chi connectivity index (χ2v) is 4.81. The first-order valence-corrected chi connectivity index (χ1v) is 6.52. The maximum atomic E-state index is 12.3. The molecule has 1 atom stereocenters. The average molecular weight is 286 g/mol. The molecule has 21 heavy (non-hydrogen) atoms. The lowest BCUT2D eigenvalue weighted by Crippen LogP contribution is -2.50. The Bertz CT molecular complexity index is 668. The number of benzene rings is 1. The molecule has 0 saturated heterocycles. The summed E-state index contributed by atoms with van der Waals surface area (Å²) in [4.78, 5) is 32.1. The van der Waals surface area contributed by atoms with Crippen molar-refractivity contribution in [2.75, 3.05) is 5.32 Å². The molecule has 2 heterocycles. The molecule has 1 aliphatic rings. The molecule has 2 amide bonds. The monoisotopic (exact) mass is 286 g/mol. The molecule has 7 nitrogen and oxygen atoms in total. The summed E-state index contributed by atoms with van der Waals surface area (Å²) < 4.78 is 0. The van der Waals surface area contributed by atoms with Crippen LogP contribution < -0.4 is 5.32 Å². The van der Waals surface area contributed by atoms with E-state index in [2.05, 4.69) is 15.3 Å². The molecule has 1 aliphatic heterocycles. The van der Waals surface area contributed by atoms with Gasteiger partial charge in [-0.15, -0.1) is 0 Å². The Hall–Kier alpha value is -2.83. The number of rotatable bonds is 2. The fourth-order valence-corrected chi connectivity index (χ4v) is 2.39. The average Bonchev–Trinajstić information content (AvgIpc) is 2.94. The molecule has 3 N–H and O–H groups in total. The van der Waals surface area contributed by atoms with Gasteiger partial charge < -0.3 is 20.3 Å². The molecule has 3 rings (SSSR count). The lowest BCUT2D eigenvalue weighted by atomic mass is 10.0. The molecule has 0 bridgehead atoms. The maximum absolute atomic E-state index is 12.3. The summed E-state index contributed by atoms with van der Waals surface area (Å²) in [6.45, 7) is 0.199. The van der Waals surface area contributed by atoms with Crippen molar-refractivity contribution in [1.82, 2.24) is 14.9 Å². The molecule has 0 radical (unpaired) electrons. The van der Waals surface area contributed by atoms with Crippen molar-refractivity contribution < 1.29 is 14.7 Å². The number of carboxylic acid groups (broad SMARTS) is 1. The predicted octanol–water partition coefficient (Wildman–Crippen LogP) is 1.45. The van der Waals surface area contributed by atoms with Crippen LogP contribution in [0.1, 0.15) is 11.4 Å². The number of aromatic nitrogens is 2. The summed E-state index contributed by atoms with van der Waals surface area (Å²) in [6.07, 6.45) is 1.72. The zero-order chi connectivity index (χ0) is 14.8. The molecule has 0 fully saturated rings. The Kier molecular flexibility index (Phi) is 3.31. The summed E-state index contributed by atoms with van der Waals surface area (Å²) in [5.74, 6) is -1.04. The zero-order valence-corrected chi connectivity index (χ0v) is 11.1. The van der Waals surface area contributed by atoms with E-state index in [0.29, 0.717) is 11.4 Å². The number of urea groups is 1. The van der Waals surface area contributed by atoms with Crippen LogP contribution in [0.4, 0.5) is 10.5 Å². The number of amides is 2. The van der Waals surface area contributed by atoms with Gasteiger partial charge in [0.1, 0.15) is 6.04 Å². The molecule has 108 valence electrons. The van der Waals surface area contributed by atoms with Gasteiger partial charge >= 0.3 is 12.0 Å². The lowest BCUT2D eigenvalue weighted by molar-refractivity contribution is -0.142. The third kappa shape index (κ3) is 2.58. The number of nitrogens with one attached hydrogen (secondary N) is 2. The number of anilines is 1. The third-order valence-corrected chi connectivity index (χ3v) is 3.47. The molecular formula is C14H14N4O3. The number of carbonyl (C=O) groups excluding carboxylic acids is 1. The predicted molar refractivity (Wildman–Crippen MR) is 74.7 cm³/mol. The molecule has 0 aliphatic carbocycles. The van der Waals surface area contributed by atoms with Crippen LogP contribution in [0.15, 0.2) is 36.7 Å². The Labute approximate surface area is 120 Å². The van der Waals surface area contributed by atoms with Crippen LogP contribution >= 0.6 is 0 Å². The zero-order valence-electron chi connectivity index (χ0n) is 11.1. The molecule has 2 aromatic rings. The topological polar surface area (TPSA) is 98.3 Å². The molecule has 1 unspecified atom stereocenters. The van der Waals surface area contributed by atoms with E-state index in [-0.39, 0.29) is 13.0 Å². The first kappa shape index (κ1) is 13.2. The number of hydrogen-bond donors (Lipinski definition) is 3. The highest BCUT2D eigenvalue weighted by molar-refractivity contribution is 5.92. The van der Waals surface area contributed by atoms with Crippen molar-refractivity contribution in [3.05, 3.63) is 48.0 Å². The van der Waals surface area contributed by atoms with Gasteiger partial charge in [0.25, 0.3) is 0 Å². The second kappa shape index (κ2) is 5.28. The number of imidazole rings is 1. The van der Waals surface area contributed by atoms with Crippen LogP contribution in [-0.4, -0.2) is 38.0 Å². The number of nitrogens with zero attached hydrogens (tertiary/aromatic N) is 2. The molecule has 1 aromatic heterocycles. The minimum absolute atomic E-state index is 0.199. The standard InChI is InChI=1S/C14H14N4O3/c19-13(20)12-6-10-11(16-8-15-10)7-18(12)14(21)17-9-4-2-1-3-5-9/h1-5,8,12H,6-7H2,(H,15,16)(H,17,21)(H,19,20). The van der Waals surface area contributed by atoms with Crippen LogP contribution in [0.3, 0.4) is 0 Å². The van der Waals surface area contributed by atoms with Gasteiger partial charge in [-0.25, -0.2) is 14.6 Å². The minimum atomic E-state index is -1.04. The van der Waals surface area contributed by atoms with Gasteiger partial charge in [0.2, 0.25) is 0 Å². The van der Waals surface area contributed by atoms with Gasteiger partial charge in [-0.1, -0.05) is 18.2 Å². The number of hydrogen-bond acceptors (Lipinski definition) is 3. The van der Waals surface area contributed by atoms with Crippen molar-refractivity contribution in [2.45, 2.75) is 19.0 Å². The van der Waals surface area contributed by atoms with E-state index in [0.717, 1.165) is 5.69 Å². The second-order valence-electron chi connectivity index (χ2n) is 4.81. The number of carboxylic acids is 1. The first-order valence-electron chi connectivity index (χ1n) is 6.52. The number of aliphatic carboxylic acids is 1. The van der Waals surface area contributed by atoms with E-state index < -0.39 is 18.0 Å². The Morgan fingerprint density at radius 1 is 1.33 bits per heavy atom. The van der Waals surface area contributed by atoms with Crippen LogP contribution in [0.2, 0.25) is 0 Å². The van der Waals surface area contributed by atoms with Crippen LogP contribution in [0.5, 0.6) is 0 Å². The highest BCUT2D eigenvalue weighted by Gasteiger charge is 2.35. The highest BCUT2D eigenvalue weighted by atomic mass is 16.4. The van der Waals surface area contributed by atoms with Gasteiger partial charge in [0.05, 0.1) is 24.3 Å². The third-order valence-electron chi connectivity index (χ3n) is 3.47. The van der Waals surface area contributed by atoms with Gasteiger partial charge in [0.15, 0.2) is 0 Å². The fourth-order valence-electron chi connectivity index (χ4n) is 2.39. The van der Waals surface area contributed by atoms with Crippen molar-refractivity contribution in [3.8, 4) is 0 Å². The summed E-state index contributed by atoms with van der Waals surface area (Å²) in [7, 11) is 0. The molecule has 7 heteroatoms. The van der Waals surface area contributed by atoms with Gasteiger partial charge in [0, 0.05) is 12.1 Å². The van der Waals surface area contributed by atoms with Crippen LogP contribution in [0.25, 0.3) is 0 Å². The molecular weight excluding hydrogens is 272 g/mol. The van der Waals surface area contributed by atoms with E-state index in [1.165, 1.54) is 11.2 Å². The number of aromatic amines is 1. The lowest BCUT2D eigenvalue weighted by Gasteiger charge is -2.32. The summed E-state index contributed by atoms with van der Waals surface area (Å²) in [5, 5.41) is 12.0. The number of fused-ring (bicyclic) bond motifs is 1. The van der Waals surface area contributed by atoms with E-state index in [1.807, 2.05) is 6.07 Å². The van der Waals surface area contributed by atoms with Gasteiger partial charge in [-0.05, 0) is 12.1 Å². The number of para-hydroxylation sites is 1. The van der Waals surface area contributed by atoms with Crippen LogP contribution in [-0.2, 0) is 17.8 Å². The Morgan fingerprint density at radius 2 is 2.10 bits per heavy atom. The van der Waals surface area contributed by atoms with Gasteiger partial charge in [-0.2, -0.15) is 0 Å². The SMILES string of the molecule is O=C(O)C1Cc2nc[nH]c2CN1C(=O)Nc1ccccc1. The first-order chi connectivity index (χ1) is 10.1. The van der Waals surface area contributed by atoms with Gasteiger partial charge in [-0.3, -0.25) is 0 Å². The van der Waals surface area contributed by atoms with E-state index >= 15 is 0 Å². The van der Waals surface area contributed by atoms with E-state index in [1.54, 1.807) is 24.3 Å². The van der Waals surface area contributed by atoms with Crippen molar-refractivity contribution >= 4 is 17.7 Å².